The number of benzene rings is 1. The monoisotopic (exact) mass is 229 g/mol. The summed E-state index contributed by atoms with van der Waals surface area (Å²) in [5, 5.41) is 4.38. The minimum Gasteiger partial charge on any atom is -0.384 e. The largest absolute Gasteiger partial charge is 0.384 e. The molecule has 88 valence electrons. The molecule has 1 aliphatic rings. The average Bonchev–Trinajstić information content (AvgIpc) is 2.69. The van der Waals surface area contributed by atoms with Crippen molar-refractivity contribution in [3.05, 3.63) is 35.4 Å². The summed E-state index contributed by atoms with van der Waals surface area (Å²) in [5.74, 6) is 0.675. The number of nitrogen functional groups attached to an aromatic ring is 1. The number of hydrogen-bond donors (Lipinski definition) is 1. The molecular formula is C13H15N3O. The normalized spacial score (nSPS) is 14.6. The molecular weight excluding hydrogens is 214 g/mol. The molecule has 2 N–H and O–H groups in total. The van der Waals surface area contributed by atoms with Crippen molar-refractivity contribution in [1.82, 2.24) is 9.78 Å². The lowest BCUT2D eigenvalue weighted by Gasteiger charge is -2.16. The zero-order chi connectivity index (χ0) is 11.8. The number of ether oxygens (including phenoxy) is 1. The zero-order valence-corrected chi connectivity index (χ0v) is 9.81. The van der Waals surface area contributed by atoms with E-state index in [0.29, 0.717) is 12.4 Å². The number of hydrogen-bond acceptors (Lipinski definition) is 3. The molecule has 0 aliphatic carbocycles. The molecule has 0 atom stereocenters. The molecule has 1 aromatic heterocycles. The second-order valence-electron chi connectivity index (χ2n) is 4.36. The van der Waals surface area contributed by atoms with Crippen LogP contribution in [-0.4, -0.2) is 16.4 Å². The number of aromatic nitrogens is 2. The molecule has 0 amide bonds. The van der Waals surface area contributed by atoms with E-state index in [2.05, 4.69) is 23.3 Å². The minimum absolute atomic E-state index is 0.675. The predicted molar refractivity (Wildman–Crippen MR) is 66.4 cm³/mol. The van der Waals surface area contributed by atoms with Crippen LogP contribution in [0.1, 0.15) is 11.1 Å². The Morgan fingerprint density at radius 2 is 2.18 bits per heavy atom. The lowest BCUT2D eigenvalue weighted by Crippen LogP contribution is -2.09. The summed E-state index contributed by atoms with van der Waals surface area (Å²) in [6.07, 6.45) is 1.000. The molecule has 4 heteroatoms. The lowest BCUT2D eigenvalue weighted by atomic mass is 9.99. The van der Waals surface area contributed by atoms with E-state index < -0.39 is 0 Å². The van der Waals surface area contributed by atoms with Crippen LogP contribution in [-0.2, 0) is 24.8 Å². The van der Waals surface area contributed by atoms with E-state index in [1.807, 2.05) is 13.1 Å². The van der Waals surface area contributed by atoms with Gasteiger partial charge in [-0.25, -0.2) is 0 Å². The molecule has 2 aromatic rings. The van der Waals surface area contributed by atoms with Crippen molar-refractivity contribution >= 4 is 5.82 Å². The molecule has 0 unspecified atom stereocenters. The SMILES string of the molecule is Cn1nc(-c2ccc3c(c2)COCC3)cc1N. The molecule has 0 saturated heterocycles. The fourth-order valence-corrected chi connectivity index (χ4v) is 2.15. The molecule has 17 heavy (non-hydrogen) atoms. The van der Waals surface area contributed by atoms with Gasteiger partial charge in [0.2, 0.25) is 0 Å². The third-order valence-corrected chi connectivity index (χ3v) is 3.19. The fraction of sp³-hybridized carbons (Fsp3) is 0.308. The Bertz CT molecular complexity index is 540. The number of nitrogens with zero attached hydrogens (tertiary/aromatic N) is 2. The summed E-state index contributed by atoms with van der Waals surface area (Å²) >= 11 is 0. The van der Waals surface area contributed by atoms with Crippen LogP contribution >= 0.6 is 0 Å². The maximum atomic E-state index is 5.79. The van der Waals surface area contributed by atoms with E-state index in [4.69, 9.17) is 10.5 Å². The Morgan fingerprint density at radius 3 is 2.94 bits per heavy atom. The Morgan fingerprint density at radius 1 is 1.29 bits per heavy atom. The molecule has 0 saturated carbocycles. The summed E-state index contributed by atoms with van der Waals surface area (Å²) in [6, 6.07) is 8.31. The van der Waals surface area contributed by atoms with Gasteiger partial charge in [-0.15, -0.1) is 0 Å². The van der Waals surface area contributed by atoms with Crippen molar-refractivity contribution in [1.29, 1.82) is 0 Å². The van der Waals surface area contributed by atoms with Crippen molar-refractivity contribution in [2.24, 2.45) is 7.05 Å². The van der Waals surface area contributed by atoms with Crippen LogP contribution in [0.4, 0.5) is 5.82 Å². The van der Waals surface area contributed by atoms with Crippen LogP contribution in [0.25, 0.3) is 11.3 Å². The molecule has 4 nitrogen and oxygen atoms in total. The van der Waals surface area contributed by atoms with E-state index in [-0.39, 0.29) is 0 Å². The maximum absolute atomic E-state index is 5.79. The first kappa shape index (κ1) is 10.4. The van der Waals surface area contributed by atoms with Gasteiger partial charge in [0.15, 0.2) is 0 Å². The third kappa shape index (κ3) is 1.80. The molecule has 2 heterocycles. The van der Waals surface area contributed by atoms with Crippen LogP contribution in [0.2, 0.25) is 0 Å². The van der Waals surface area contributed by atoms with Gasteiger partial charge in [0.05, 0.1) is 18.9 Å². The highest BCUT2D eigenvalue weighted by Gasteiger charge is 2.12. The summed E-state index contributed by atoms with van der Waals surface area (Å²) in [6.45, 7) is 1.52. The first-order valence-electron chi connectivity index (χ1n) is 5.73. The van der Waals surface area contributed by atoms with Gasteiger partial charge in [-0.05, 0) is 23.6 Å². The standard InChI is InChI=1S/C13H15N3O/c1-16-13(14)7-12(15-16)10-3-2-9-4-5-17-8-11(9)6-10/h2-3,6-7H,4-5,8,14H2,1H3. The van der Waals surface area contributed by atoms with Crippen molar-refractivity contribution in [2.45, 2.75) is 13.0 Å². The highest BCUT2D eigenvalue weighted by atomic mass is 16.5. The van der Waals surface area contributed by atoms with Gasteiger partial charge in [0.25, 0.3) is 0 Å². The van der Waals surface area contributed by atoms with E-state index in [9.17, 15) is 0 Å². The van der Waals surface area contributed by atoms with Crippen molar-refractivity contribution < 1.29 is 4.74 Å². The highest BCUT2D eigenvalue weighted by molar-refractivity contribution is 5.64. The lowest BCUT2D eigenvalue weighted by molar-refractivity contribution is 0.111. The number of anilines is 1. The van der Waals surface area contributed by atoms with E-state index >= 15 is 0 Å². The number of aryl methyl sites for hydroxylation is 1. The fourth-order valence-electron chi connectivity index (χ4n) is 2.15. The second-order valence-corrected chi connectivity index (χ2v) is 4.36. The minimum atomic E-state index is 0.675. The quantitative estimate of drug-likeness (QED) is 0.810. The second kappa shape index (κ2) is 3.89. The summed E-state index contributed by atoms with van der Waals surface area (Å²) in [4.78, 5) is 0. The summed E-state index contributed by atoms with van der Waals surface area (Å²) in [7, 11) is 1.85. The molecule has 1 aliphatic heterocycles. The number of rotatable bonds is 1. The Kier molecular flexibility index (Phi) is 2.37. The van der Waals surface area contributed by atoms with Crippen LogP contribution in [0.3, 0.4) is 0 Å². The molecule has 0 spiro atoms. The maximum Gasteiger partial charge on any atom is 0.121 e. The van der Waals surface area contributed by atoms with Crippen molar-refractivity contribution in [2.75, 3.05) is 12.3 Å². The van der Waals surface area contributed by atoms with Crippen LogP contribution in [0.15, 0.2) is 24.3 Å². The topological polar surface area (TPSA) is 53.1 Å². The average molecular weight is 229 g/mol. The van der Waals surface area contributed by atoms with Crippen molar-refractivity contribution in [3.63, 3.8) is 0 Å². The van der Waals surface area contributed by atoms with Crippen molar-refractivity contribution in [3.8, 4) is 11.3 Å². The van der Waals surface area contributed by atoms with Gasteiger partial charge in [-0.2, -0.15) is 5.10 Å². The molecule has 1 aromatic carbocycles. The zero-order valence-electron chi connectivity index (χ0n) is 9.81. The van der Waals surface area contributed by atoms with E-state index in [1.54, 1.807) is 4.68 Å². The van der Waals surface area contributed by atoms with Crippen LogP contribution in [0, 0.1) is 0 Å². The third-order valence-electron chi connectivity index (χ3n) is 3.19. The van der Waals surface area contributed by atoms with Gasteiger partial charge in [-0.3, -0.25) is 4.68 Å². The van der Waals surface area contributed by atoms with Gasteiger partial charge in [0, 0.05) is 18.7 Å². The molecule has 0 bridgehead atoms. The highest BCUT2D eigenvalue weighted by Crippen LogP contribution is 2.25. The molecule has 3 rings (SSSR count). The number of nitrogens with two attached hydrogens (primary N) is 1. The first-order valence-corrected chi connectivity index (χ1v) is 5.73. The van der Waals surface area contributed by atoms with E-state index in [0.717, 1.165) is 24.3 Å². The molecule has 0 fully saturated rings. The van der Waals surface area contributed by atoms with Gasteiger partial charge in [0.1, 0.15) is 5.82 Å². The van der Waals surface area contributed by atoms with Crippen LogP contribution in [0.5, 0.6) is 0 Å². The number of fused-ring (bicyclic) bond motifs is 1. The van der Waals surface area contributed by atoms with Crippen LogP contribution < -0.4 is 5.73 Å². The Labute approximate surface area is 100 Å². The smallest absolute Gasteiger partial charge is 0.121 e. The van der Waals surface area contributed by atoms with E-state index in [1.165, 1.54) is 11.1 Å². The molecule has 0 radical (unpaired) electrons. The summed E-state index contributed by atoms with van der Waals surface area (Å²) in [5.41, 5.74) is 10.4. The Balaban J connectivity index is 2.03. The first-order chi connectivity index (χ1) is 8.24. The Hall–Kier alpha value is -1.81. The van der Waals surface area contributed by atoms with Gasteiger partial charge in [-0.1, -0.05) is 12.1 Å². The van der Waals surface area contributed by atoms with Gasteiger partial charge < -0.3 is 10.5 Å². The van der Waals surface area contributed by atoms with Gasteiger partial charge >= 0.3 is 0 Å². The summed E-state index contributed by atoms with van der Waals surface area (Å²) < 4.78 is 7.15. The predicted octanol–water partition coefficient (Wildman–Crippen LogP) is 1.74.